The number of hydrogen-bond donors (Lipinski definition) is 1. The van der Waals surface area contributed by atoms with Gasteiger partial charge in [0.05, 0.1) is 18.0 Å². The molecule has 0 aliphatic carbocycles. The van der Waals surface area contributed by atoms with Crippen molar-refractivity contribution >= 4 is 33.4 Å². The molecule has 2 rings (SSSR count). The van der Waals surface area contributed by atoms with Gasteiger partial charge in [0.15, 0.2) is 0 Å². The van der Waals surface area contributed by atoms with E-state index in [2.05, 4.69) is 5.32 Å². The molecule has 0 saturated carbocycles. The Balaban J connectivity index is 2.10. The Kier molecular flexibility index (Phi) is 7.29. The summed E-state index contributed by atoms with van der Waals surface area (Å²) in [6.45, 7) is 3.88. The molecule has 27 heavy (non-hydrogen) atoms. The lowest BCUT2D eigenvalue weighted by atomic mass is 10.2. The molecule has 1 N–H and O–H groups in total. The van der Waals surface area contributed by atoms with Crippen LogP contribution in [0.2, 0.25) is 0 Å². The molecule has 0 heterocycles. The largest absolute Gasteiger partial charge is 0.494 e. The molecule has 0 aliphatic heterocycles. The first-order valence-corrected chi connectivity index (χ1v) is 11.1. The van der Waals surface area contributed by atoms with Crippen LogP contribution >= 0.6 is 11.8 Å². The van der Waals surface area contributed by atoms with Gasteiger partial charge in [-0.2, -0.15) is 4.31 Å². The van der Waals surface area contributed by atoms with Gasteiger partial charge in [-0.05, 0) is 62.1 Å². The number of likely N-dealkylation sites (N-methyl/N-ethyl adjacent to an activating group) is 1. The van der Waals surface area contributed by atoms with Crippen LogP contribution in [0, 0.1) is 6.92 Å². The van der Waals surface area contributed by atoms with Crippen molar-refractivity contribution in [2.75, 3.05) is 31.8 Å². The Morgan fingerprint density at radius 3 is 2.59 bits per heavy atom. The van der Waals surface area contributed by atoms with E-state index < -0.39 is 15.9 Å². The van der Waals surface area contributed by atoms with Gasteiger partial charge >= 0.3 is 0 Å². The summed E-state index contributed by atoms with van der Waals surface area (Å²) in [6.07, 6.45) is 1.94. The lowest BCUT2D eigenvalue weighted by Crippen LogP contribution is -2.35. The van der Waals surface area contributed by atoms with E-state index in [9.17, 15) is 13.2 Å². The number of benzene rings is 2. The van der Waals surface area contributed by atoms with E-state index in [-0.39, 0.29) is 11.4 Å². The van der Waals surface area contributed by atoms with Gasteiger partial charge in [-0.15, -0.1) is 11.8 Å². The van der Waals surface area contributed by atoms with Gasteiger partial charge < -0.3 is 10.1 Å². The summed E-state index contributed by atoms with van der Waals surface area (Å²) in [5, 5.41) is 2.73. The molecule has 0 unspecified atom stereocenters. The highest BCUT2D eigenvalue weighted by Crippen LogP contribution is 2.24. The molecule has 2 aromatic carbocycles. The molecular formula is C19H24N2O4S2. The lowest BCUT2D eigenvalue weighted by Gasteiger charge is -2.18. The van der Waals surface area contributed by atoms with Crippen LogP contribution in [0.25, 0.3) is 0 Å². The molecule has 2 aromatic rings. The predicted molar refractivity (Wildman–Crippen MR) is 109 cm³/mol. The molecule has 146 valence electrons. The second kappa shape index (κ2) is 9.25. The molecule has 6 nitrogen and oxygen atoms in total. The minimum atomic E-state index is -3.78. The molecule has 0 aliphatic rings. The summed E-state index contributed by atoms with van der Waals surface area (Å²) in [5.41, 5.74) is 1.36. The van der Waals surface area contributed by atoms with Gasteiger partial charge in [0.25, 0.3) is 0 Å². The maximum Gasteiger partial charge on any atom is 0.243 e. The summed E-state index contributed by atoms with van der Waals surface area (Å²) in [7, 11) is -2.39. The van der Waals surface area contributed by atoms with Gasteiger partial charge in [0.2, 0.25) is 15.9 Å². The van der Waals surface area contributed by atoms with E-state index in [4.69, 9.17) is 4.74 Å². The second-order valence-corrected chi connectivity index (χ2v) is 8.83. The summed E-state index contributed by atoms with van der Waals surface area (Å²) in [4.78, 5) is 13.4. The quantitative estimate of drug-likeness (QED) is 0.678. The Labute approximate surface area is 165 Å². The molecule has 1 amide bonds. The predicted octanol–water partition coefficient (Wildman–Crippen LogP) is 3.37. The van der Waals surface area contributed by atoms with Gasteiger partial charge in [-0.1, -0.05) is 6.07 Å². The summed E-state index contributed by atoms with van der Waals surface area (Å²) < 4.78 is 32.0. The van der Waals surface area contributed by atoms with Crippen molar-refractivity contribution in [2.24, 2.45) is 0 Å². The van der Waals surface area contributed by atoms with Crippen LogP contribution in [0.15, 0.2) is 52.3 Å². The number of amides is 1. The normalized spacial score (nSPS) is 11.4. The second-order valence-electron chi connectivity index (χ2n) is 5.90. The van der Waals surface area contributed by atoms with Crippen LogP contribution in [0.1, 0.15) is 12.5 Å². The van der Waals surface area contributed by atoms with Gasteiger partial charge in [0, 0.05) is 17.6 Å². The molecule has 0 bridgehead atoms. The average Bonchev–Trinajstić information content (AvgIpc) is 2.63. The van der Waals surface area contributed by atoms with Gasteiger partial charge in [0.1, 0.15) is 5.75 Å². The first-order chi connectivity index (χ1) is 12.8. The van der Waals surface area contributed by atoms with Crippen molar-refractivity contribution in [1.82, 2.24) is 4.31 Å². The zero-order valence-electron chi connectivity index (χ0n) is 15.9. The number of carbonyl (C=O) groups is 1. The lowest BCUT2D eigenvalue weighted by molar-refractivity contribution is -0.116. The van der Waals surface area contributed by atoms with Crippen molar-refractivity contribution in [3.8, 4) is 5.75 Å². The van der Waals surface area contributed by atoms with Gasteiger partial charge in [-0.3, -0.25) is 4.79 Å². The number of ether oxygens (including phenoxy) is 1. The van der Waals surface area contributed by atoms with Crippen molar-refractivity contribution in [1.29, 1.82) is 0 Å². The fraction of sp³-hybridized carbons (Fsp3) is 0.316. The summed E-state index contributed by atoms with van der Waals surface area (Å²) >= 11 is 1.56. The molecule has 8 heteroatoms. The minimum absolute atomic E-state index is 0.128. The van der Waals surface area contributed by atoms with Crippen LogP contribution in [-0.4, -0.2) is 45.1 Å². The molecular weight excluding hydrogens is 384 g/mol. The molecule has 0 atom stereocenters. The minimum Gasteiger partial charge on any atom is -0.494 e. The first-order valence-electron chi connectivity index (χ1n) is 8.41. The number of rotatable bonds is 8. The molecule has 0 aromatic heterocycles. The summed E-state index contributed by atoms with van der Waals surface area (Å²) in [6, 6.07) is 12.1. The van der Waals surface area contributed by atoms with E-state index in [1.165, 1.54) is 13.1 Å². The number of thioether (sulfide) groups is 1. The Morgan fingerprint density at radius 2 is 1.96 bits per heavy atom. The van der Waals surface area contributed by atoms with E-state index >= 15 is 0 Å². The maximum atomic E-state index is 12.7. The van der Waals surface area contributed by atoms with Crippen molar-refractivity contribution in [3.05, 3.63) is 48.0 Å². The van der Waals surface area contributed by atoms with Gasteiger partial charge in [-0.25, -0.2) is 8.42 Å². The number of carbonyl (C=O) groups excluding carboxylic acids is 1. The fourth-order valence-electron chi connectivity index (χ4n) is 2.47. The standard InChI is InChI=1S/C19H24N2O4S2/c1-5-25-18-10-9-17(11-14(18)2)27(23,24)21(3)13-19(22)20-15-7-6-8-16(12-15)26-4/h6-12H,5,13H2,1-4H3,(H,20,22). The number of anilines is 1. The highest BCUT2D eigenvalue weighted by molar-refractivity contribution is 7.98. The summed E-state index contributed by atoms with van der Waals surface area (Å²) in [5.74, 6) is 0.243. The molecule has 0 saturated heterocycles. The van der Waals surface area contributed by atoms with E-state index in [1.54, 1.807) is 36.9 Å². The number of nitrogens with one attached hydrogen (secondary N) is 1. The Hall–Kier alpha value is -2.03. The van der Waals surface area contributed by atoms with Crippen LogP contribution in [0.3, 0.4) is 0 Å². The monoisotopic (exact) mass is 408 g/mol. The van der Waals surface area contributed by atoms with E-state index in [0.717, 1.165) is 14.8 Å². The fourth-order valence-corrected chi connectivity index (χ4v) is 4.14. The Morgan fingerprint density at radius 1 is 1.22 bits per heavy atom. The number of nitrogens with zero attached hydrogens (tertiary/aromatic N) is 1. The third-order valence-electron chi connectivity index (χ3n) is 3.87. The third-order valence-corrected chi connectivity index (χ3v) is 6.40. The van der Waals surface area contributed by atoms with Crippen LogP contribution in [0.4, 0.5) is 5.69 Å². The number of aryl methyl sites for hydroxylation is 1. The van der Waals surface area contributed by atoms with Crippen LogP contribution in [-0.2, 0) is 14.8 Å². The SMILES string of the molecule is CCOc1ccc(S(=O)(=O)N(C)CC(=O)Nc2cccc(SC)c2)cc1C. The zero-order chi connectivity index (χ0) is 20.0. The van der Waals surface area contributed by atoms with E-state index in [0.29, 0.717) is 18.0 Å². The molecule has 0 spiro atoms. The smallest absolute Gasteiger partial charge is 0.243 e. The average molecular weight is 409 g/mol. The van der Waals surface area contributed by atoms with Crippen LogP contribution < -0.4 is 10.1 Å². The molecule has 0 radical (unpaired) electrons. The topological polar surface area (TPSA) is 75.7 Å². The Bertz CT molecular complexity index is 914. The van der Waals surface area contributed by atoms with Crippen LogP contribution in [0.5, 0.6) is 5.75 Å². The molecule has 0 fully saturated rings. The highest BCUT2D eigenvalue weighted by atomic mass is 32.2. The van der Waals surface area contributed by atoms with Crippen molar-refractivity contribution in [2.45, 2.75) is 23.6 Å². The third kappa shape index (κ3) is 5.47. The zero-order valence-corrected chi connectivity index (χ0v) is 17.5. The van der Waals surface area contributed by atoms with Crippen molar-refractivity contribution in [3.63, 3.8) is 0 Å². The highest BCUT2D eigenvalue weighted by Gasteiger charge is 2.23. The number of hydrogen-bond acceptors (Lipinski definition) is 5. The first kappa shape index (κ1) is 21.3. The maximum absolute atomic E-state index is 12.7. The van der Waals surface area contributed by atoms with E-state index in [1.807, 2.05) is 31.4 Å². The van der Waals surface area contributed by atoms with Crippen molar-refractivity contribution < 1.29 is 17.9 Å². The number of sulfonamides is 1.